The predicted octanol–water partition coefficient (Wildman–Crippen LogP) is 22.8. The van der Waals surface area contributed by atoms with E-state index in [0.717, 1.165) is 50.3 Å². The lowest BCUT2D eigenvalue weighted by molar-refractivity contribution is 0.651. The molecule has 14 aromatic rings. The van der Waals surface area contributed by atoms with E-state index in [1.54, 1.807) is 0 Å². The number of nitrogens with zero attached hydrogens (tertiary/aromatic N) is 1. The molecular formula is C85H63NO2. The summed E-state index contributed by atoms with van der Waals surface area (Å²) in [5, 5.41) is 4.74. The molecule has 88 heavy (non-hydrogen) atoms. The Morgan fingerprint density at radius 2 is 0.716 bits per heavy atom. The second-order valence-corrected chi connectivity index (χ2v) is 27.6. The number of fused-ring (bicyclic) bond motifs is 27. The van der Waals surface area contributed by atoms with Gasteiger partial charge in [-0.1, -0.05) is 193 Å². The summed E-state index contributed by atoms with van der Waals surface area (Å²) >= 11 is 0. The van der Waals surface area contributed by atoms with Gasteiger partial charge in [-0.2, -0.15) is 0 Å². The normalized spacial score (nSPS) is 15.7. The van der Waals surface area contributed by atoms with Crippen LogP contribution in [0.3, 0.4) is 0 Å². The SMILES string of the molecule is Cc1cc(C)c(-c2cc3c(c4c2oc2ccccc24)-c2ccc(N(c4ccc5c(c4)C(C)(C)c4cc6c(cc4-5)C(C)(C)c4ccc5oc7ccccc7c5c4-6)c4ccc5c(c4)C4(c6ccccc6-c6ccccc64)c4ccccc4-5)cc2C3(C)C)c(C)c1. The van der Waals surface area contributed by atoms with Crippen LogP contribution in [0.2, 0.25) is 0 Å². The van der Waals surface area contributed by atoms with Crippen molar-refractivity contribution in [3.8, 4) is 66.8 Å². The minimum absolute atomic E-state index is 0.210. The fourth-order valence-electron chi connectivity index (χ4n) is 18.1. The van der Waals surface area contributed by atoms with E-state index in [2.05, 4.69) is 286 Å². The van der Waals surface area contributed by atoms with Gasteiger partial charge in [-0.05, 0) is 222 Å². The standard InChI is InChI=1S/C85H63NO2/c1-46-38-47(2)76(48(3)39-46)62-45-72-77(80-59-24-14-19-29-74(59)88-81(62)80)57-35-32-50(41-68(57)84(72,8)9)86(51-30-33-55-54-22-12-17-27-65(54)85(71(55)42-51)63-25-15-10-20-52(63)53-21-11-16-26-64(53)85)49-31-34-56-60-43-70-61(44-69(60)83(6,7)67(56)40-49)78-66(82(70,4)5)36-37-75-79(78)58-23-13-18-28-73(58)87-75/h10-45H,1-9H3. The van der Waals surface area contributed by atoms with Crippen molar-refractivity contribution < 1.29 is 8.83 Å². The minimum Gasteiger partial charge on any atom is -0.456 e. The van der Waals surface area contributed by atoms with Crippen molar-refractivity contribution in [2.75, 3.05) is 4.90 Å². The number of rotatable bonds is 4. The number of aryl methyl sites for hydroxylation is 3. The van der Waals surface area contributed by atoms with E-state index in [0.29, 0.717) is 0 Å². The second-order valence-electron chi connectivity index (χ2n) is 27.6. The van der Waals surface area contributed by atoms with Crippen molar-refractivity contribution >= 4 is 60.9 Å². The summed E-state index contributed by atoms with van der Waals surface area (Å²) < 4.78 is 13.6. The maximum absolute atomic E-state index is 7.05. The summed E-state index contributed by atoms with van der Waals surface area (Å²) in [7, 11) is 0. The van der Waals surface area contributed by atoms with E-state index in [1.807, 2.05) is 0 Å². The summed E-state index contributed by atoms with van der Waals surface area (Å²) in [6, 6.07) is 83.5. The van der Waals surface area contributed by atoms with Crippen LogP contribution in [-0.4, -0.2) is 0 Å². The molecule has 5 aliphatic rings. The van der Waals surface area contributed by atoms with Crippen molar-refractivity contribution in [2.24, 2.45) is 0 Å². The smallest absolute Gasteiger partial charge is 0.143 e. The quantitative estimate of drug-likeness (QED) is 0.176. The first-order valence-electron chi connectivity index (χ1n) is 31.4. The number of furan rings is 2. The monoisotopic (exact) mass is 1130 g/mol. The van der Waals surface area contributed by atoms with Crippen molar-refractivity contribution in [3.63, 3.8) is 0 Å². The third-order valence-corrected chi connectivity index (χ3v) is 21.9. The Labute approximate surface area is 513 Å². The Hall–Kier alpha value is -9.96. The van der Waals surface area contributed by atoms with E-state index < -0.39 is 5.41 Å². The third kappa shape index (κ3) is 6.10. The average Bonchev–Trinajstić information content (AvgIpc) is 1.49. The number of para-hydroxylation sites is 2. The van der Waals surface area contributed by atoms with E-state index in [-0.39, 0.29) is 16.2 Å². The fourth-order valence-corrected chi connectivity index (χ4v) is 18.1. The zero-order valence-corrected chi connectivity index (χ0v) is 51.0. The molecule has 0 N–H and O–H groups in total. The molecule has 0 atom stereocenters. The largest absolute Gasteiger partial charge is 0.456 e. The summed E-state index contributed by atoms with van der Waals surface area (Å²) in [5.74, 6) is 0. The highest BCUT2D eigenvalue weighted by Gasteiger charge is 2.52. The Morgan fingerprint density at radius 1 is 0.284 bits per heavy atom. The molecule has 12 aromatic carbocycles. The highest BCUT2D eigenvalue weighted by atomic mass is 16.3. The Kier molecular flexibility index (Phi) is 9.56. The zero-order chi connectivity index (χ0) is 59.2. The summed E-state index contributed by atoms with van der Waals surface area (Å²) in [4.78, 5) is 2.58. The third-order valence-electron chi connectivity index (χ3n) is 21.9. The van der Waals surface area contributed by atoms with Crippen molar-refractivity contribution in [1.29, 1.82) is 0 Å². The molecule has 0 bridgehead atoms. The summed E-state index contributed by atoms with van der Waals surface area (Å²) in [6.45, 7) is 21.3. The molecule has 2 aromatic heterocycles. The van der Waals surface area contributed by atoms with Gasteiger partial charge in [0.15, 0.2) is 0 Å². The molecule has 1 spiro atoms. The Balaban J connectivity index is 0.836. The first-order chi connectivity index (χ1) is 42.6. The van der Waals surface area contributed by atoms with E-state index >= 15 is 0 Å². The van der Waals surface area contributed by atoms with Gasteiger partial charge in [0.25, 0.3) is 0 Å². The average molecular weight is 1130 g/mol. The lowest BCUT2D eigenvalue weighted by Gasteiger charge is -2.33. The van der Waals surface area contributed by atoms with Crippen molar-refractivity contribution in [3.05, 3.63) is 291 Å². The van der Waals surface area contributed by atoms with E-state index in [4.69, 9.17) is 8.83 Å². The minimum atomic E-state index is -0.504. The van der Waals surface area contributed by atoms with Gasteiger partial charge in [0.1, 0.15) is 22.3 Å². The molecule has 5 aliphatic carbocycles. The molecule has 0 amide bonds. The molecular weight excluding hydrogens is 1070 g/mol. The number of hydrogen-bond acceptors (Lipinski definition) is 3. The van der Waals surface area contributed by atoms with Gasteiger partial charge in [-0.15, -0.1) is 0 Å². The molecule has 0 fully saturated rings. The molecule has 0 unspecified atom stereocenters. The predicted molar refractivity (Wildman–Crippen MR) is 364 cm³/mol. The van der Waals surface area contributed by atoms with Gasteiger partial charge in [0.05, 0.1) is 5.41 Å². The molecule has 0 radical (unpaired) electrons. The van der Waals surface area contributed by atoms with Crippen LogP contribution >= 0.6 is 0 Å². The fraction of sp³-hybridized carbons (Fsp3) is 0.153. The molecule has 19 rings (SSSR count). The van der Waals surface area contributed by atoms with Crippen LogP contribution in [-0.2, 0) is 21.7 Å². The first kappa shape index (κ1) is 50.2. The molecule has 2 heterocycles. The number of hydrogen-bond donors (Lipinski definition) is 0. The van der Waals surface area contributed by atoms with Crippen LogP contribution in [0.25, 0.3) is 111 Å². The number of anilines is 3. The maximum atomic E-state index is 7.05. The molecule has 0 aliphatic heterocycles. The van der Waals surface area contributed by atoms with Crippen LogP contribution in [0.1, 0.15) is 114 Å². The van der Waals surface area contributed by atoms with Gasteiger partial charge in [-0.3, -0.25) is 0 Å². The van der Waals surface area contributed by atoms with Crippen LogP contribution in [0, 0.1) is 20.8 Å². The van der Waals surface area contributed by atoms with Gasteiger partial charge >= 0.3 is 0 Å². The second kappa shape index (κ2) is 16.8. The van der Waals surface area contributed by atoms with Gasteiger partial charge in [-0.25, -0.2) is 0 Å². The lowest BCUT2D eigenvalue weighted by Crippen LogP contribution is -2.26. The van der Waals surface area contributed by atoms with Gasteiger partial charge in [0.2, 0.25) is 0 Å². The molecule has 0 saturated heterocycles. The first-order valence-corrected chi connectivity index (χ1v) is 31.4. The van der Waals surface area contributed by atoms with Crippen molar-refractivity contribution in [1.82, 2.24) is 0 Å². The summed E-state index contributed by atoms with van der Waals surface area (Å²) in [5.41, 5.74) is 38.3. The van der Waals surface area contributed by atoms with Crippen molar-refractivity contribution in [2.45, 2.75) is 84.0 Å². The van der Waals surface area contributed by atoms with E-state index in [1.165, 1.54) is 150 Å². The van der Waals surface area contributed by atoms with E-state index in [9.17, 15) is 0 Å². The zero-order valence-electron chi connectivity index (χ0n) is 51.0. The molecule has 0 saturated carbocycles. The highest BCUT2D eigenvalue weighted by molar-refractivity contribution is 6.19. The van der Waals surface area contributed by atoms with Crippen LogP contribution < -0.4 is 4.90 Å². The van der Waals surface area contributed by atoms with Crippen LogP contribution in [0.4, 0.5) is 17.1 Å². The number of benzene rings is 12. The molecule has 3 heteroatoms. The Bertz CT molecular complexity index is 5450. The highest BCUT2D eigenvalue weighted by Crippen LogP contribution is 2.65. The van der Waals surface area contributed by atoms with Gasteiger partial charge < -0.3 is 13.7 Å². The Morgan fingerprint density at radius 3 is 1.34 bits per heavy atom. The topological polar surface area (TPSA) is 29.5 Å². The van der Waals surface area contributed by atoms with Gasteiger partial charge in [0, 0.05) is 60.4 Å². The lowest BCUT2D eigenvalue weighted by atomic mass is 9.70. The molecule has 420 valence electrons. The maximum Gasteiger partial charge on any atom is 0.143 e. The van der Waals surface area contributed by atoms with Crippen LogP contribution in [0.5, 0.6) is 0 Å². The summed E-state index contributed by atoms with van der Waals surface area (Å²) in [6.07, 6.45) is 0. The van der Waals surface area contributed by atoms with Crippen LogP contribution in [0.15, 0.2) is 227 Å². The molecule has 3 nitrogen and oxygen atoms in total.